The van der Waals surface area contributed by atoms with Gasteiger partial charge in [0.15, 0.2) is 0 Å². The zero-order chi connectivity index (χ0) is 11.4. The highest BCUT2D eigenvalue weighted by atomic mass is 32.2. The normalized spacial score (nSPS) is 10.2. The van der Waals surface area contributed by atoms with Crippen molar-refractivity contribution >= 4 is 17.7 Å². The van der Waals surface area contributed by atoms with Crippen LogP contribution in [0.5, 0.6) is 0 Å². The highest BCUT2D eigenvalue weighted by molar-refractivity contribution is 7.98. The van der Waals surface area contributed by atoms with Crippen LogP contribution in [0.1, 0.15) is 16.3 Å². The Bertz CT molecular complexity index is 484. The molecule has 0 spiro atoms. The van der Waals surface area contributed by atoms with Crippen LogP contribution in [0.2, 0.25) is 0 Å². The number of furan rings is 1. The quantitative estimate of drug-likeness (QED) is 0.646. The molecule has 0 aliphatic carbocycles. The van der Waals surface area contributed by atoms with Crippen molar-refractivity contribution in [3.8, 4) is 0 Å². The summed E-state index contributed by atoms with van der Waals surface area (Å²) in [7, 11) is 0. The van der Waals surface area contributed by atoms with Gasteiger partial charge in [-0.05, 0) is 18.2 Å². The topological polar surface area (TPSA) is 76.2 Å². The van der Waals surface area contributed by atoms with E-state index in [0.29, 0.717) is 11.5 Å². The molecule has 16 heavy (non-hydrogen) atoms. The van der Waals surface area contributed by atoms with E-state index in [2.05, 4.69) is 9.97 Å². The molecule has 2 aromatic heterocycles. The summed E-state index contributed by atoms with van der Waals surface area (Å²) in [4.78, 5) is 18.4. The van der Waals surface area contributed by atoms with E-state index in [1.54, 1.807) is 18.3 Å². The summed E-state index contributed by atoms with van der Waals surface area (Å²) in [6.45, 7) is 0. The molecular formula is C10H8N2O3S. The molecule has 0 unspecified atom stereocenters. The number of carboxylic acid groups (broad SMARTS) is 1. The Morgan fingerprint density at radius 3 is 2.94 bits per heavy atom. The molecule has 0 amide bonds. The number of carboxylic acids is 1. The predicted molar refractivity (Wildman–Crippen MR) is 57.3 cm³/mol. The zero-order valence-electron chi connectivity index (χ0n) is 8.16. The minimum atomic E-state index is -1.06. The van der Waals surface area contributed by atoms with E-state index in [9.17, 15) is 4.79 Å². The number of hydrogen-bond acceptors (Lipinski definition) is 5. The van der Waals surface area contributed by atoms with Crippen LogP contribution >= 0.6 is 11.8 Å². The predicted octanol–water partition coefficient (Wildman–Crippen LogP) is 2.06. The molecule has 82 valence electrons. The molecule has 2 rings (SSSR count). The summed E-state index contributed by atoms with van der Waals surface area (Å²) in [5, 5.41) is 9.48. The summed E-state index contributed by atoms with van der Waals surface area (Å²) in [5.41, 5.74) is 0. The first-order chi connectivity index (χ1) is 7.75. The van der Waals surface area contributed by atoms with E-state index < -0.39 is 5.97 Å². The molecule has 0 atom stereocenters. The van der Waals surface area contributed by atoms with E-state index in [1.165, 1.54) is 24.2 Å². The average Bonchev–Trinajstić information content (AvgIpc) is 2.76. The molecule has 0 radical (unpaired) electrons. The Kier molecular flexibility index (Phi) is 3.21. The Morgan fingerprint density at radius 1 is 1.44 bits per heavy atom. The fraction of sp³-hybridized carbons (Fsp3) is 0.100. The first-order valence-corrected chi connectivity index (χ1v) is 5.45. The van der Waals surface area contributed by atoms with Gasteiger partial charge < -0.3 is 9.52 Å². The molecule has 0 saturated carbocycles. The highest BCUT2D eigenvalue weighted by Gasteiger charge is 2.08. The zero-order valence-corrected chi connectivity index (χ0v) is 8.98. The van der Waals surface area contributed by atoms with Gasteiger partial charge in [-0.25, -0.2) is 14.8 Å². The third kappa shape index (κ3) is 2.60. The van der Waals surface area contributed by atoms with Crippen molar-refractivity contribution in [3.63, 3.8) is 0 Å². The number of thioether (sulfide) groups is 1. The van der Waals surface area contributed by atoms with Crippen molar-refractivity contribution in [2.75, 3.05) is 0 Å². The molecular weight excluding hydrogens is 228 g/mol. The molecule has 0 fully saturated rings. The van der Waals surface area contributed by atoms with Gasteiger partial charge >= 0.3 is 5.97 Å². The largest absolute Gasteiger partial charge is 0.475 e. The van der Waals surface area contributed by atoms with E-state index >= 15 is 0 Å². The van der Waals surface area contributed by atoms with Gasteiger partial charge in [-0.15, -0.1) is 0 Å². The maximum absolute atomic E-state index is 10.6. The maximum Gasteiger partial charge on any atom is 0.371 e. The lowest BCUT2D eigenvalue weighted by Crippen LogP contribution is -1.91. The Morgan fingerprint density at radius 2 is 2.31 bits per heavy atom. The van der Waals surface area contributed by atoms with Crippen molar-refractivity contribution in [1.29, 1.82) is 0 Å². The Balaban J connectivity index is 1.97. The standard InChI is InChI=1S/C10H8N2O3S/c13-10(14)8-2-1-7(15-8)5-16-9-3-4-11-6-12-9/h1-4,6H,5H2,(H,13,14). The smallest absolute Gasteiger partial charge is 0.371 e. The average molecular weight is 236 g/mol. The summed E-state index contributed by atoms with van der Waals surface area (Å²) in [6.07, 6.45) is 3.12. The van der Waals surface area contributed by atoms with E-state index in [0.717, 1.165) is 5.03 Å². The van der Waals surface area contributed by atoms with Crippen LogP contribution in [0.3, 0.4) is 0 Å². The number of aromatic nitrogens is 2. The summed E-state index contributed by atoms with van der Waals surface area (Å²) >= 11 is 1.46. The summed E-state index contributed by atoms with van der Waals surface area (Å²) in [6, 6.07) is 4.88. The highest BCUT2D eigenvalue weighted by Crippen LogP contribution is 2.21. The number of aromatic carboxylic acids is 1. The van der Waals surface area contributed by atoms with Gasteiger partial charge in [-0.2, -0.15) is 0 Å². The van der Waals surface area contributed by atoms with Crippen LogP contribution in [-0.2, 0) is 5.75 Å². The van der Waals surface area contributed by atoms with Crippen molar-refractivity contribution in [2.24, 2.45) is 0 Å². The van der Waals surface area contributed by atoms with Crippen molar-refractivity contribution in [1.82, 2.24) is 9.97 Å². The number of rotatable bonds is 4. The van der Waals surface area contributed by atoms with Gasteiger partial charge in [0.1, 0.15) is 12.1 Å². The molecule has 2 aromatic rings. The van der Waals surface area contributed by atoms with Gasteiger partial charge in [-0.3, -0.25) is 0 Å². The summed E-state index contributed by atoms with van der Waals surface area (Å²) < 4.78 is 5.10. The Hall–Kier alpha value is -1.82. The molecule has 2 heterocycles. The molecule has 5 nitrogen and oxygen atoms in total. The van der Waals surface area contributed by atoms with Gasteiger partial charge in [-0.1, -0.05) is 11.8 Å². The summed E-state index contributed by atoms with van der Waals surface area (Å²) in [5.74, 6) is 0.0576. The van der Waals surface area contributed by atoms with Crippen LogP contribution in [0.15, 0.2) is 40.2 Å². The fourth-order valence-electron chi connectivity index (χ4n) is 1.08. The van der Waals surface area contributed by atoms with Gasteiger partial charge in [0.25, 0.3) is 0 Å². The van der Waals surface area contributed by atoms with Crippen LogP contribution in [0.25, 0.3) is 0 Å². The number of carbonyl (C=O) groups is 1. The lowest BCUT2D eigenvalue weighted by molar-refractivity contribution is 0.0661. The lowest BCUT2D eigenvalue weighted by atomic mass is 10.4. The van der Waals surface area contributed by atoms with Gasteiger partial charge in [0, 0.05) is 6.20 Å². The molecule has 6 heteroatoms. The van der Waals surface area contributed by atoms with Crippen molar-refractivity contribution in [2.45, 2.75) is 10.8 Å². The third-order valence-electron chi connectivity index (χ3n) is 1.79. The number of nitrogens with zero attached hydrogens (tertiary/aromatic N) is 2. The fourth-order valence-corrected chi connectivity index (χ4v) is 1.80. The molecule has 0 saturated heterocycles. The SMILES string of the molecule is O=C(O)c1ccc(CSc2ccncn2)o1. The molecule has 1 N–H and O–H groups in total. The maximum atomic E-state index is 10.6. The minimum Gasteiger partial charge on any atom is -0.475 e. The van der Waals surface area contributed by atoms with Gasteiger partial charge in [0.2, 0.25) is 5.76 Å². The van der Waals surface area contributed by atoms with E-state index in [-0.39, 0.29) is 5.76 Å². The lowest BCUT2D eigenvalue weighted by Gasteiger charge is -1.96. The van der Waals surface area contributed by atoms with Crippen molar-refractivity contribution in [3.05, 3.63) is 42.2 Å². The molecule has 0 bridgehead atoms. The molecule has 0 aliphatic rings. The molecule has 0 aliphatic heterocycles. The first kappa shape index (κ1) is 10.7. The van der Waals surface area contributed by atoms with E-state index in [4.69, 9.17) is 9.52 Å². The van der Waals surface area contributed by atoms with Crippen LogP contribution in [0.4, 0.5) is 0 Å². The monoisotopic (exact) mass is 236 g/mol. The van der Waals surface area contributed by atoms with Crippen LogP contribution < -0.4 is 0 Å². The number of hydrogen-bond donors (Lipinski definition) is 1. The second-order valence-electron chi connectivity index (χ2n) is 2.91. The first-order valence-electron chi connectivity index (χ1n) is 4.46. The Labute approximate surface area is 95.5 Å². The third-order valence-corrected chi connectivity index (χ3v) is 2.76. The van der Waals surface area contributed by atoms with Crippen molar-refractivity contribution < 1.29 is 14.3 Å². The second-order valence-corrected chi connectivity index (χ2v) is 3.90. The van der Waals surface area contributed by atoms with Crippen LogP contribution in [-0.4, -0.2) is 21.0 Å². The van der Waals surface area contributed by atoms with Gasteiger partial charge in [0.05, 0.1) is 10.8 Å². The second kappa shape index (κ2) is 4.80. The van der Waals surface area contributed by atoms with E-state index in [1.807, 2.05) is 0 Å². The molecule has 0 aromatic carbocycles. The van der Waals surface area contributed by atoms with Crippen LogP contribution in [0, 0.1) is 0 Å². The minimum absolute atomic E-state index is 0.0433.